The van der Waals surface area contributed by atoms with Crippen molar-refractivity contribution in [1.29, 1.82) is 0 Å². The topological polar surface area (TPSA) is 0 Å². The number of halogens is 3. The zero-order valence-corrected chi connectivity index (χ0v) is 8.23. The van der Waals surface area contributed by atoms with Crippen LogP contribution in [0.4, 0.5) is 13.2 Å². The molecule has 0 unspecified atom stereocenters. The minimum Gasteiger partial charge on any atom is -0.204 e. The summed E-state index contributed by atoms with van der Waals surface area (Å²) >= 11 is 0. The fourth-order valence-electron chi connectivity index (χ4n) is 2.20. The third-order valence-corrected chi connectivity index (χ3v) is 2.91. The summed E-state index contributed by atoms with van der Waals surface area (Å²) in [5.41, 5.74) is 2.28. The molecule has 3 heteroatoms. The van der Waals surface area contributed by atoms with Crippen LogP contribution in [0.3, 0.4) is 0 Å². The van der Waals surface area contributed by atoms with Crippen LogP contribution in [0.25, 0.3) is 11.1 Å². The molecule has 1 aliphatic carbocycles. The average Bonchev–Trinajstić information content (AvgIpc) is 2.64. The fraction of sp³-hybridized carbons (Fsp3) is 0.0769. The van der Waals surface area contributed by atoms with Crippen LogP contribution < -0.4 is 0 Å². The molecule has 0 saturated carbocycles. The lowest BCUT2D eigenvalue weighted by Crippen LogP contribution is -1.95. The van der Waals surface area contributed by atoms with E-state index in [1.165, 1.54) is 0 Å². The van der Waals surface area contributed by atoms with Gasteiger partial charge >= 0.3 is 0 Å². The summed E-state index contributed by atoms with van der Waals surface area (Å²) in [6.07, 6.45) is 0.458. The molecule has 0 nitrogen and oxygen atoms in total. The largest absolute Gasteiger partial charge is 0.204 e. The van der Waals surface area contributed by atoms with Crippen LogP contribution in [0.2, 0.25) is 0 Å². The number of hydrogen-bond donors (Lipinski definition) is 0. The third kappa shape index (κ3) is 1.11. The maximum absolute atomic E-state index is 13.6. The minimum absolute atomic E-state index is 0.203. The number of benzene rings is 2. The summed E-state index contributed by atoms with van der Waals surface area (Å²) in [5, 5.41) is 0. The Balaban J connectivity index is 2.36. The molecule has 0 aliphatic heterocycles. The molecule has 2 aromatic carbocycles. The Kier molecular flexibility index (Phi) is 1.84. The molecule has 0 heterocycles. The fourth-order valence-corrected chi connectivity index (χ4v) is 2.20. The maximum atomic E-state index is 13.6. The van der Waals surface area contributed by atoms with E-state index >= 15 is 0 Å². The normalized spacial score (nSPS) is 12.4. The van der Waals surface area contributed by atoms with E-state index in [2.05, 4.69) is 0 Å². The highest BCUT2D eigenvalue weighted by molar-refractivity contribution is 5.77. The molecular weight excluding hydrogens is 213 g/mol. The Morgan fingerprint density at radius 1 is 0.875 bits per heavy atom. The highest BCUT2D eigenvalue weighted by Gasteiger charge is 2.26. The van der Waals surface area contributed by atoms with Gasteiger partial charge in [-0.05, 0) is 29.2 Å². The van der Waals surface area contributed by atoms with Gasteiger partial charge in [0.1, 0.15) is 0 Å². The number of hydrogen-bond acceptors (Lipinski definition) is 0. The number of fused-ring (bicyclic) bond motifs is 3. The first kappa shape index (κ1) is 9.46. The van der Waals surface area contributed by atoms with E-state index in [9.17, 15) is 13.2 Å². The second-order valence-corrected chi connectivity index (χ2v) is 3.85. The number of rotatable bonds is 0. The lowest BCUT2D eigenvalue weighted by Gasteiger charge is -2.04. The van der Waals surface area contributed by atoms with Crippen molar-refractivity contribution in [3.8, 4) is 11.1 Å². The molecular formula is C13H7F3. The van der Waals surface area contributed by atoms with Gasteiger partial charge in [-0.25, -0.2) is 13.2 Å². The van der Waals surface area contributed by atoms with Gasteiger partial charge in [0, 0.05) is 5.56 Å². The zero-order valence-electron chi connectivity index (χ0n) is 8.23. The smallest absolute Gasteiger partial charge is 0.195 e. The predicted octanol–water partition coefficient (Wildman–Crippen LogP) is 3.68. The van der Waals surface area contributed by atoms with Crippen LogP contribution >= 0.6 is 0 Å². The van der Waals surface area contributed by atoms with Crippen LogP contribution in [0.5, 0.6) is 0 Å². The van der Waals surface area contributed by atoms with Crippen LogP contribution in [0.1, 0.15) is 11.1 Å². The standard InChI is InChI=1S/C13H7F3/c14-10-6-8-5-7-3-1-2-4-9(7)11(8)13(16)12(10)15/h1-4,6H,5H2. The van der Waals surface area contributed by atoms with Gasteiger partial charge in [0.15, 0.2) is 17.5 Å². The maximum Gasteiger partial charge on any atom is 0.195 e. The van der Waals surface area contributed by atoms with Gasteiger partial charge in [0.25, 0.3) is 0 Å². The van der Waals surface area contributed by atoms with Gasteiger partial charge in [-0.2, -0.15) is 0 Å². The Morgan fingerprint density at radius 2 is 1.62 bits per heavy atom. The molecule has 0 atom stereocenters. The predicted molar refractivity (Wildman–Crippen MR) is 54.6 cm³/mol. The highest BCUT2D eigenvalue weighted by Crippen LogP contribution is 2.39. The molecule has 0 bridgehead atoms. The average molecular weight is 220 g/mol. The molecule has 0 radical (unpaired) electrons. The van der Waals surface area contributed by atoms with Crippen molar-refractivity contribution < 1.29 is 13.2 Å². The van der Waals surface area contributed by atoms with E-state index in [-0.39, 0.29) is 5.56 Å². The minimum atomic E-state index is -1.39. The molecule has 3 rings (SSSR count). The molecule has 0 saturated heterocycles. The van der Waals surface area contributed by atoms with Crippen molar-refractivity contribution in [2.24, 2.45) is 0 Å². The van der Waals surface area contributed by atoms with Crippen molar-refractivity contribution in [2.75, 3.05) is 0 Å². The summed E-state index contributed by atoms with van der Waals surface area (Å²) in [6, 6.07) is 8.23. The Morgan fingerprint density at radius 3 is 2.44 bits per heavy atom. The van der Waals surface area contributed by atoms with Gasteiger partial charge < -0.3 is 0 Å². The lowest BCUT2D eigenvalue weighted by molar-refractivity contribution is 0.448. The third-order valence-electron chi connectivity index (χ3n) is 2.91. The van der Waals surface area contributed by atoms with Gasteiger partial charge in [-0.15, -0.1) is 0 Å². The molecule has 80 valence electrons. The SMILES string of the molecule is Fc1cc2c(c(F)c1F)-c1ccccc1C2. The summed E-state index contributed by atoms with van der Waals surface area (Å²) in [6.45, 7) is 0. The molecule has 0 amide bonds. The summed E-state index contributed by atoms with van der Waals surface area (Å²) < 4.78 is 39.8. The molecule has 16 heavy (non-hydrogen) atoms. The molecule has 0 spiro atoms. The van der Waals surface area contributed by atoms with Crippen molar-refractivity contribution in [3.05, 3.63) is 58.9 Å². The summed E-state index contributed by atoms with van der Waals surface area (Å²) in [5.74, 6) is -3.60. The zero-order chi connectivity index (χ0) is 11.3. The van der Waals surface area contributed by atoms with E-state index in [1.54, 1.807) is 12.1 Å². The lowest BCUT2D eigenvalue weighted by atomic mass is 10.1. The van der Waals surface area contributed by atoms with Crippen molar-refractivity contribution >= 4 is 0 Å². The monoisotopic (exact) mass is 220 g/mol. The van der Waals surface area contributed by atoms with E-state index in [4.69, 9.17) is 0 Å². The molecule has 0 fully saturated rings. The van der Waals surface area contributed by atoms with Gasteiger partial charge in [0.05, 0.1) is 0 Å². The summed E-state index contributed by atoms with van der Waals surface area (Å²) in [4.78, 5) is 0. The molecule has 0 aromatic heterocycles. The Bertz CT molecular complexity index is 588. The van der Waals surface area contributed by atoms with E-state index in [0.29, 0.717) is 17.5 Å². The highest BCUT2D eigenvalue weighted by atomic mass is 19.2. The summed E-state index contributed by atoms with van der Waals surface area (Å²) in [7, 11) is 0. The van der Waals surface area contributed by atoms with Crippen molar-refractivity contribution in [1.82, 2.24) is 0 Å². The first-order valence-corrected chi connectivity index (χ1v) is 4.93. The van der Waals surface area contributed by atoms with Crippen LogP contribution in [0.15, 0.2) is 30.3 Å². The van der Waals surface area contributed by atoms with Crippen LogP contribution in [-0.4, -0.2) is 0 Å². The Labute approximate surface area is 90.3 Å². The van der Waals surface area contributed by atoms with E-state index in [0.717, 1.165) is 11.6 Å². The van der Waals surface area contributed by atoms with E-state index < -0.39 is 17.5 Å². The molecule has 2 aromatic rings. The van der Waals surface area contributed by atoms with Crippen LogP contribution in [-0.2, 0) is 6.42 Å². The quantitative estimate of drug-likeness (QED) is 0.507. The Hall–Kier alpha value is -1.77. The van der Waals surface area contributed by atoms with Crippen molar-refractivity contribution in [2.45, 2.75) is 6.42 Å². The van der Waals surface area contributed by atoms with E-state index in [1.807, 2.05) is 12.1 Å². The molecule has 0 N–H and O–H groups in total. The molecule has 1 aliphatic rings. The first-order chi connectivity index (χ1) is 7.68. The second kappa shape index (κ2) is 3.11. The second-order valence-electron chi connectivity index (χ2n) is 3.85. The van der Waals surface area contributed by atoms with Crippen LogP contribution in [0, 0.1) is 17.5 Å². The van der Waals surface area contributed by atoms with Gasteiger partial charge in [-0.3, -0.25) is 0 Å². The first-order valence-electron chi connectivity index (χ1n) is 4.93. The van der Waals surface area contributed by atoms with Crippen molar-refractivity contribution in [3.63, 3.8) is 0 Å². The van der Waals surface area contributed by atoms with Gasteiger partial charge in [-0.1, -0.05) is 24.3 Å². The van der Waals surface area contributed by atoms with Gasteiger partial charge in [0.2, 0.25) is 0 Å².